The Morgan fingerprint density at radius 2 is 1.81 bits per heavy atom. The molecule has 0 amide bonds. The van der Waals surface area contributed by atoms with Crippen molar-refractivity contribution in [3.63, 3.8) is 0 Å². The Morgan fingerprint density at radius 1 is 1.25 bits per heavy atom. The maximum Gasteiger partial charge on any atom is 0.214 e. The Labute approximate surface area is 98.5 Å². The first-order valence-electron chi connectivity index (χ1n) is 6.10. The van der Waals surface area contributed by atoms with Crippen molar-refractivity contribution in [2.45, 2.75) is 57.3 Å². The van der Waals surface area contributed by atoms with E-state index in [9.17, 15) is 13.5 Å². The van der Waals surface area contributed by atoms with Gasteiger partial charge in [0.25, 0.3) is 0 Å². The first kappa shape index (κ1) is 13.9. The van der Waals surface area contributed by atoms with Crippen molar-refractivity contribution < 1.29 is 13.5 Å². The van der Waals surface area contributed by atoms with Crippen LogP contribution < -0.4 is 4.72 Å². The lowest BCUT2D eigenvalue weighted by molar-refractivity contribution is 0.129. The quantitative estimate of drug-likeness (QED) is 0.771. The van der Waals surface area contributed by atoms with Gasteiger partial charge in [-0.1, -0.05) is 33.1 Å². The van der Waals surface area contributed by atoms with E-state index in [2.05, 4.69) is 4.72 Å². The van der Waals surface area contributed by atoms with E-state index in [4.69, 9.17) is 0 Å². The van der Waals surface area contributed by atoms with Crippen molar-refractivity contribution in [1.29, 1.82) is 0 Å². The lowest BCUT2D eigenvalue weighted by Crippen LogP contribution is -2.40. The van der Waals surface area contributed by atoms with E-state index < -0.39 is 16.1 Å². The van der Waals surface area contributed by atoms with Crippen molar-refractivity contribution in [1.82, 2.24) is 4.72 Å². The fraction of sp³-hybridized carbons (Fsp3) is 1.00. The molecule has 1 aliphatic rings. The molecule has 0 aromatic rings. The molecule has 0 bridgehead atoms. The second kappa shape index (κ2) is 5.98. The van der Waals surface area contributed by atoms with Gasteiger partial charge in [0.15, 0.2) is 0 Å². The van der Waals surface area contributed by atoms with E-state index in [1.54, 1.807) is 0 Å². The van der Waals surface area contributed by atoms with E-state index in [-0.39, 0.29) is 17.7 Å². The summed E-state index contributed by atoms with van der Waals surface area (Å²) in [5.74, 6) is 0.0778. The van der Waals surface area contributed by atoms with Gasteiger partial charge in [0.2, 0.25) is 10.0 Å². The molecule has 0 radical (unpaired) electrons. The molecule has 1 aliphatic carbocycles. The highest BCUT2D eigenvalue weighted by Gasteiger charge is 2.27. The molecule has 1 saturated carbocycles. The summed E-state index contributed by atoms with van der Waals surface area (Å²) in [6.45, 7) is 3.88. The lowest BCUT2D eigenvalue weighted by atomic mass is 10.0. The maximum atomic E-state index is 11.9. The normalized spacial score (nSPS) is 21.2. The zero-order valence-electron chi connectivity index (χ0n) is 10.1. The van der Waals surface area contributed by atoms with Crippen LogP contribution in [0.15, 0.2) is 0 Å². The Hall–Kier alpha value is -0.130. The average Bonchev–Trinajstić information content (AvgIpc) is 2.27. The van der Waals surface area contributed by atoms with Crippen LogP contribution in [0.25, 0.3) is 0 Å². The highest BCUT2D eigenvalue weighted by Crippen LogP contribution is 2.22. The van der Waals surface area contributed by atoms with Crippen LogP contribution in [0, 0.1) is 5.92 Å². The Morgan fingerprint density at radius 3 is 2.31 bits per heavy atom. The van der Waals surface area contributed by atoms with Gasteiger partial charge in [-0.2, -0.15) is 0 Å². The summed E-state index contributed by atoms with van der Waals surface area (Å²) < 4.78 is 26.3. The third-order valence-corrected chi connectivity index (χ3v) is 5.17. The van der Waals surface area contributed by atoms with Crippen molar-refractivity contribution >= 4 is 10.0 Å². The summed E-state index contributed by atoms with van der Waals surface area (Å²) in [6, 6.07) is 0. The number of sulfonamides is 1. The summed E-state index contributed by atoms with van der Waals surface area (Å²) in [4.78, 5) is 0. The molecule has 96 valence electrons. The van der Waals surface area contributed by atoms with Crippen LogP contribution in [-0.2, 0) is 10.0 Å². The zero-order valence-corrected chi connectivity index (χ0v) is 11.0. The number of rotatable bonds is 5. The number of aliphatic hydroxyl groups is 1. The minimum absolute atomic E-state index is 0.0778. The van der Waals surface area contributed by atoms with Crippen molar-refractivity contribution in [2.75, 3.05) is 6.54 Å². The molecule has 5 heteroatoms. The van der Waals surface area contributed by atoms with Crippen LogP contribution in [0.5, 0.6) is 0 Å². The Balaban J connectivity index is 2.44. The number of hydrogen-bond acceptors (Lipinski definition) is 3. The molecule has 0 aliphatic heterocycles. The predicted molar refractivity (Wildman–Crippen MR) is 64.6 cm³/mol. The van der Waals surface area contributed by atoms with Gasteiger partial charge in [0, 0.05) is 6.54 Å². The molecule has 16 heavy (non-hydrogen) atoms. The van der Waals surface area contributed by atoms with Crippen molar-refractivity contribution in [2.24, 2.45) is 5.92 Å². The molecule has 0 heterocycles. The van der Waals surface area contributed by atoms with Crippen LogP contribution in [0.4, 0.5) is 0 Å². The van der Waals surface area contributed by atoms with Gasteiger partial charge in [0.1, 0.15) is 0 Å². The summed E-state index contributed by atoms with van der Waals surface area (Å²) >= 11 is 0. The van der Waals surface area contributed by atoms with Crippen LogP contribution in [-0.4, -0.2) is 31.4 Å². The number of aliphatic hydroxyl groups excluding tert-OH is 1. The molecule has 0 spiro atoms. The molecule has 1 atom stereocenters. The average molecular weight is 249 g/mol. The molecule has 1 unspecified atom stereocenters. The lowest BCUT2D eigenvalue weighted by Gasteiger charge is -2.23. The highest BCUT2D eigenvalue weighted by atomic mass is 32.2. The molecular formula is C11H23NO3S. The Bertz CT molecular complexity index is 294. The number of hydrogen-bond donors (Lipinski definition) is 2. The van der Waals surface area contributed by atoms with Gasteiger partial charge < -0.3 is 5.11 Å². The van der Waals surface area contributed by atoms with E-state index >= 15 is 0 Å². The van der Waals surface area contributed by atoms with Crippen molar-refractivity contribution in [3.05, 3.63) is 0 Å². The minimum Gasteiger partial charge on any atom is -0.391 e. The van der Waals surface area contributed by atoms with E-state index in [1.165, 1.54) is 0 Å². The topological polar surface area (TPSA) is 66.4 Å². The zero-order chi connectivity index (χ0) is 12.2. The van der Waals surface area contributed by atoms with Gasteiger partial charge in [-0.25, -0.2) is 13.1 Å². The predicted octanol–water partition coefficient (Wildman–Crippen LogP) is 1.26. The second-order valence-electron chi connectivity index (χ2n) is 4.96. The standard InChI is InChI=1S/C11H23NO3S/c1-9(2)11(13)8-12-16(14,15)10-6-4-3-5-7-10/h9-13H,3-8H2,1-2H3. The van der Waals surface area contributed by atoms with Crippen molar-refractivity contribution in [3.8, 4) is 0 Å². The second-order valence-corrected chi connectivity index (χ2v) is 7.01. The smallest absolute Gasteiger partial charge is 0.214 e. The largest absolute Gasteiger partial charge is 0.391 e. The van der Waals surface area contributed by atoms with Crippen LogP contribution in [0.3, 0.4) is 0 Å². The summed E-state index contributed by atoms with van der Waals surface area (Å²) in [5.41, 5.74) is 0. The molecule has 1 rings (SSSR count). The third kappa shape index (κ3) is 4.03. The minimum atomic E-state index is -3.22. The molecule has 4 nitrogen and oxygen atoms in total. The van der Waals surface area contributed by atoms with E-state index in [1.807, 2.05) is 13.8 Å². The molecule has 0 saturated heterocycles. The van der Waals surface area contributed by atoms with E-state index in [0.717, 1.165) is 32.1 Å². The van der Waals surface area contributed by atoms with Crippen LogP contribution in [0.1, 0.15) is 46.0 Å². The summed E-state index contributed by atoms with van der Waals surface area (Å²) in [5, 5.41) is 9.31. The van der Waals surface area contributed by atoms with Gasteiger partial charge in [0.05, 0.1) is 11.4 Å². The van der Waals surface area contributed by atoms with E-state index in [0.29, 0.717) is 0 Å². The van der Waals surface area contributed by atoms with Crippen LogP contribution in [0.2, 0.25) is 0 Å². The molecular weight excluding hydrogens is 226 g/mol. The first-order chi connectivity index (χ1) is 7.43. The van der Waals surface area contributed by atoms with Gasteiger partial charge >= 0.3 is 0 Å². The maximum absolute atomic E-state index is 11.9. The molecule has 0 aromatic carbocycles. The first-order valence-corrected chi connectivity index (χ1v) is 7.64. The molecule has 2 N–H and O–H groups in total. The molecule has 0 aromatic heterocycles. The van der Waals surface area contributed by atoms with Crippen LogP contribution >= 0.6 is 0 Å². The number of nitrogens with one attached hydrogen (secondary N) is 1. The molecule has 1 fully saturated rings. The summed E-state index contributed by atoms with van der Waals surface area (Å²) in [7, 11) is -3.22. The third-order valence-electron chi connectivity index (χ3n) is 3.25. The van der Waals surface area contributed by atoms with Gasteiger partial charge in [-0.3, -0.25) is 0 Å². The Kier molecular flexibility index (Phi) is 5.21. The monoisotopic (exact) mass is 249 g/mol. The SMILES string of the molecule is CC(C)C(O)CNS(=O)(=O)C1CCCCC1. The highest BCUT2D eigenvalue weighted by molar-refractivity contribution is 7.90. The fourth-order valence-corrected chi connectivity index (χ4v) is 3.52. The van der Waals surface area contributed by atoms with Gasteiger partial charge in [-0.15, -0.1) is 0 Å². The fourth-order valence-electron chi connectivity index (χ4n) is 1.93. The summed E-state index contributed by atoms with van der Waals surface area (Å²) in [6.07, 6.45) is 4.05. The van der Waals surface area contributed by atoms with Gasteiger partial charge in [-0.05, 0) is 18.8 Å².